The summed E-state index contributed by atoms with van der Waals surface area (Å²) in [5.41, 5.74) is 6.85. The van der Waals surface area contributed by atoms with Gasteiger partial charge in [-0.05, 0) is 26.2 Å². The van der Waals surface area contributed by atoms with Crippen LogP contribution in [0.25, 0.3) is 0 Å². The minimum Gasteiger partial charge on any atom is -0.383 e. The van der Waals surface area contributed by atoms with Crippen molar-refractivity contribution in [2.75, 3.05) is 23.7 Å². The summed E-state index contributed by atoms with van der Waals surface area (Å²) in [7, 11) is 0. The summed E-state index contributed by atoms with van der Waals surface area (Å²) in [6.45, 7) is 8.31. The van der Waals surface area contributed by atoms with Crippen molar-refractivity contribution in [3.8, 4) is 0 Å². The maximum Gasteiger partial charge on any atom is 0.137 e. The van der Waals surface area contributed by atoms with Crippen LogP contribution in [0.3, 0.4) is 0 Å². The highest BCUT2D eigenvalue weighted by atomic mass is 15.2. The first-order valence-corrected chi connectivity index (χ1v) is 5.43. The van der Waals surface area contributed by atoms with Gasteiger partial charge in [-0.25, -0.2) is 9.97 Å². The fraction of sp³-hybridized carbons (Fsp3) is 0.636. The van der Waals surface area contributed by atoms with Gasteiger partial charge in [-0.2, -0.15) is 0 Å². The molecule has 0 radical (unpaired) electrons. The molecule has 4 nitrogen and oxygen atoms in total. The van der Waals surface area contributed by atoms with Gasteiger partial charge in [0.1, 0.15) is 17.5 Å². The molecule has 1 saturated heterocycles. The van der Waals surface area contributed by atoms with Crippen molar-refractivity contribution >= 4 is 11.6 Å². The van der Waals surface area contributed by atoms with E-state index in [4.69, 9.17) is 5.73 Å². The summed E-state index contributed by atoms with van der Waals surface area (Å²) in [5.74, 6) is 3.13. The maximum atomic E-state index is 5.85. The highest BCUT2D eigenvalue weighted by Crippen LogP contribution is 2.26. The third-order valence-electron chi connectivity index (χ3n) is 2.99. The molecule has 1 aromatic rings. The van der Waals surface area contributed by atoms with E-state index in [0.29, 0.717) is 5.82 Å². The molecule has 1 unspecified atom stereocenters. The van der Waals surface area contributed by atoms with Crippen molar-refractivity contribution in [3.05, 3.63) is 11.4 Å². The molecule has 0 aromatic carbocycles. The van der Waals surface area contributed by atoms with Gasteiger partial charge in [-0.15, -0.1) is 0 Å². The number of hydrogen-bond acceptors (Lipinski definition) is 4. The van der Waals surface area contributed by atoms with Crippen LogP contribution in [0, 0.1) is 19.8 Å². The van der Waals surface area contributed by atoms with Crippen molar-refractivity contribution in [3.63, 3.8) is 0 Å². The first-order valence-electron chi connectivity index (χ1n) is 5.43. The number of nitrogen functional groups attached to an aromatic ring is 1. The predicted octanol–water partition coefficient (Wildman–Crippen LogP) is 1.52. The van der Waals surface area contributed by atoms with Gasteiger partial charge in [0.25, 0.3) is 0 Å². The number of hydrogen-bond donors (Lipinski definition) is 1. The van der Waals surface area contributed by atoms with Crippen LogP contribution in [0.5, 0.6) is 0 Å². The van der Waals surface area contributed by atoms with E-state index in [0.717, 1.165) is 36.2 Å². The molecule has 1 aromatic heterocycles. The van der Waals surface area contributed by atoms with Crippen molar-refractivity contribution in [1.82, 2.24) is 9.97 Å². The Morgan fingerprint density at radius 2 is 2.07 bits per heavy atom. The summed E-state index contributed by atoms with van der Waals surface area (Å²) >= 11 is 0. The standard InChI is InChI=1S/C11H18N4/c1-7-4-5-15(6-7)11-8(2)10(12)13-9(3)14-11/h7H,4-6H2,1-3H3,(H2,12,13,14). The second-order valence-electron chi connectivity index (χ2n) is 4.44. The van der Waals surface area contributed by atoms with E-state index in [1.807, 2.05) is 13.8 Å². The van der Waals surface area contributed by atoms with Gasteiger partial charge in [0.15, 0.2) is 0 Å². The van der Waals surface area contributed by atoms with Gasteiger partial charge in [-0.3, -0.25) is 0 Å². The average molecular weight is 206 g/mol. The SMILES string of the molecule is Cc1nc(N)c(C)c(N2CCC(C)C2)n1. The van der Waals surface area contributed by atoms with Gasteiger partial charge >= 0.3 is 0 Å². The molecule has 2 rings (SSSR count). The fourth-order valence-corrected chi connectivity index (χ4v) is 2.07. The van der Waals surface area contributed by atoms with Crippen molar-refractivity contribution in [2.24, 2.45) is 5.92 Å². The van der Waals surface area contributed by atoms with Crippen LogP contribution in [0.2, 0.25) is 0 Å². The van der Waals surface area contributed by atoms with E-state index in [9.17, 15) is 0 Å². The Morgan fingerprint density at radius 1 is 1.33 bits per heavy atom. The quantitative estimate of drug-likeness (QED) is 0.757. The lowest BCUT2D eigenvalue weighted by molar-refractivity contribution is 0.658. The summed E-state index contributed by atoms with van der Waals surface area (Å²) in [6.07, 6.45) is 1.24. The molecule has 1 atom stereocenters. The minimum absolute atomic E-state index is 0.608. The minimum atomic E-state index is 0.608. The first-order chi connectivity index (χ1) is 7.08. The Balaban J connectivity index is 2.35. The Kier molecular flexibility index (Phi) is 2.50. The predicted molar refractivity (Wildman–Crippen MR) is 61.9 cm³/mol. The van der Waals surface area contributed by atoms with Gasteiger partial charge in [0.05, 0.1) is 0 Å². The lowest BCUT2D eigenvalue weighted by atomic mass is 10.2. The van der Waals surface area contributed by atoms with Crippen LogP contribution in [0.1, 0.15) is 24.7 Å². The second kappa shape index (κ2) is 3.68. The Morgan fingerprint density at radius 3 is 2.67 bits per heavy atom. The molecule has 2 N–H and O–H groups in total. The topological polar surface area (TPSA) is 55.0 Å². The van der Waals surface area contributed by atoms with Crippen molar-refractivity contribution < 1.29 is 0 Å². The molecule has 0 aliphatic carbocycles. The average Bonchev–Trinajstić information content (AvgIpc) is 2.58. The van der Waals surface area contributed by atoms with Gasteiger partial charge < -0.3 is 10.6 Å². The molecule has 1 aliphatic heterocycles. The van der Waals surface area contributed by atoms with Gasteiger partial charge in [0, 0.05) is 18.7 Å². The molecule has 0 bridgehead atoms. The van der Waals surface area contributed by atoms with E-state index >= 15 is 0 Å². The van der Waals surface area contributed by atoms with Crippen LogP contribution in [-0.2, 0) is 0 Å². The molecule has 0 spiro atoms. The molecular formula is C11H18N4. The number of rotatable bonds is 1. The third-order valence-corrected chi connectivity index (χ3v) is 2.99. The van der Waals surface area contributed by atoms with Crippen LogP contribution < -0.4 is 10.6 Å². The molecule has 4 heteroatoms. The lowest BCUT2D eigenvalue weighted by Gasteiger charge is -2.20. The first kappa shape index (κ1) is 10.2. The van der Waals surface area contributed by atoms with E-state index in [2.05, 4.69) is 21.8 Å². The molecule has 0 amide bonds. The van der Waals surface area contributed by atoms with E-state index < -0.39 is 0 Å². The number of aromatic nitrogens is 2. The summed E-state index contributed by atoms with van der Waals surface area (Å²) in [5, 5.41) is 0. The summed E-state index contributed by atoms with van der Waals surface area (Å²) in [4.78, 5) is 11.0. The van der Waals surface area contributed by atoms with E-state index in [1.54, 1.807) is 0 Å². The number of anilines is 2. The van der Waals surface area contributed by atoms with Gasteiger partial charge in [-0.1, -0.05) is 6.92 Å². The Labute approximate surface area is 90.5 Å². The number of aryl methyl sites for hydroxylation is 1. The summed E-state index contributed by atoms with van der Waals surface area (Å²) < 4.78 is 0. The van der Waals surface area contributed by atoms with Crippen LogP contribution in [-0.4, -0.2) is 23.1 Å². The maximum absolute atomic E-state index is 5.85. The zero-order chi connectivity index (χ0) is 11.0. The normalized spacial score (nSPS) is 21.0. The Bertz CT molecular complexity index is 375. The van der Waals surface area contributed by atoms with Crippen LogP contribution >= 0.6 is 0 Å². The number of nitrogens with two attached hydrogens (primary N) is 1. The molecule has 0 saturated carbocycles. The highest BCUT2D eigenvalue weighted by molar-refractivity contribution is 5.56. The lowest BCUT2D eigenvalue weighted by Crippen LogP contribution is -2.22. The van der Waals surface area contributed by atoms with Crippen molar-refractivity contribution in [2.45, 2.75) is 27.2 Å². The molecule has 82 valence electrons. The van der Waals surface area contributed by atoms with Crippen molar-refractivity contribution in [1.29, 1.82) is 0 Å². The molecular weight excluding hydrogens is 188 g/mol. The fourth-order valence-electron chi connectivity index (χ4n) is 2.07. The summed E-state index contributed by atoms with van der Waals surface area (Å²) in [6, 6.07) is 0. The largest absolute Gasteiger partial charge is 0.383 e. The monoisotopic (exact) mass is 206 g/mol. The van der Waals surface area contributed by atoms with E-state index in [1.165, 1.54) is 6.42 Å². The number of nitrogens with zero attached hydrogens (tertiary/aromatic N) is 3. The van der Waals surface area contributed by atoms with Crippen LogP contribution in [0.4, 0.5) is 11.6 Å². The smallest absolute Gasteiger partial charge is 0.137 e. The second-order valence-corrected chi connectivity index (χ2v) is 4.44. The molecule has 1 fully saturated rings. The third kappa shape index (κ3) is 1.89. The molecule has 1 aliphatic rings. The molecule has 2 heterocycles. The molecule has 15 heavy (non-hydrogen) atoms. The zero-order valence-electron chi connectivity index (χ0n) is 9.62. The van der Waals surface area contributed by atoms with Crippen LogP contribution in [0.15, 0.2) is 0 Å². The van der Waals surface area contributed by atoms with E-state index in [-0.39, 0.29) is 0 Å². The Hall–Kier alpha value is -1.32. The zero-order valence-corrected chi connectivity index (χ0v) is 9.62. The van der Waals surface area contributed by atoms with Gasteiger partial charge in [0.2, 0.25) is 0 Å². The highest BCUT2D eigenvalue weighted by Gasteiger charge is 2.22.